The number of urea groups is 1. The first-order valence-corrected chi connectivity index (χ1v) is 8.47. The van der Waals surface area contributed by atoms with E-state index < -0.39 is 12.1 Å². The Morgan fingerprint density at radius 1 is 1.04 bits per heavy atom. The third-order valence-corrected chi connectivity index (χ3v) is 3.80. The number of carbonyl (C=O) groups is 3. The zero-order valence-electron chi connectivity index (χ0n) is 15.5. The van der Waals surface area contributed by atoms with Crippen molar-refractivity contribution in [2.45, 2.75) is 59.2 Å². The van der Waals surface area contributed by atoms with E-state index in [0.29, 0.717) is 5.69 Å². The molecule has 0 bridgehead atoms. The van der Waals surface area contributed by atoms with Crippen molar-refractivity contribution in [2.24, 2.45) is 0 Å². The van der Waals surface area contributed by atoms with Crippen molar-refractivity contribution in [2.75, 3.05) is 5.32 Å². The van der Waals surface area contributed by atoms with Gasteiger partial charge in [0.1, 0.15) is 6.04 Å². The molecule has 0 aliphatic rings. The Bertz CT molecular complexity index is 618. The molecule has 7 nitrogen and oxygen atoms in total. The lowest BCUT2D eigenvalue weighted by Crippen LogP contribution is -2.50. The third kappa shape index (κ3) is 7.24. The lowest BCUT2D eigenvalue weighted by atomic mass is 10.1. The number of amides is 4. The Kier molecular flexibility index (Phi) is 7.91. The Balaban J connectivity index is 2.58. The highest BCUT2D eigenvalue weighted by Gasteiger charge is 2.18. The van der Waals surface area contributed by atoms with Gasteiger partial charge in [-0.25, -0.2) is 4.79 Å². The first-order valence-electron chi connectivity index (χ1n) is 8.47. The predicted octanol–water partition coefficient (Wildman–Crippen LogP) is 2.31. The predicted molar refractivity (Wildman–Crippen MR) is 98.2 cm³/mol. The molecule has 0 fully saturated rings. The fourth-order valence-electron chi connectivity index (χ4n) is 2.14. The van der Waals surface area contributed by atoms with E-state index in [1.54, 1.807) is 25.1 Å². The molecule has 3 unspecified atom stereocenters. The van der Waals surface area contributed by atoms with Crippen molar-refractivity contribution >= 4 is 23.5 Å². The summed E-state index contributed by atoms with van der Waals surface area (Å²) in [6.45, 7) is 8.80. The molecule has 0 aliphatic carbocycles. The Hall–Kier alpha value is -2.57. The van der Waals surface area contributed by atoms with Crippen LogP contribution in [0.2, 0.25) is 0 Å². The van der Waals surface area contributed by atoms with Gasteiger partial charge in [0.15, 0.2) is 0 Å². The van der Waals surface area contributed by atoms with Crippen molar-refractivity contribution < 1.29 is 14.4 Å². The third-order valence-electron chi connectivity index (χ3n) is 3.80. The minimum atomic E-state index is -0.632. The molecule has 1 aromatic carbocycles. The number of hydrogen-bond donors (Lipinski definition) is 4. The van der Waals surface area contributed by atoms with Crippen LogP contribution in [0.3, 0.4) is 0 Å². The maximum Gasteiger partial charge on any atom is 0.315 e. The first-order chi connectivity index (χ1) is 11.7. The molecule has 0 aliphatic heterocycles. The molecule has 0 saturated carbocycles. The molecular weight excluding hydrogens is 320 g/mol. The second kappa shape index (κ2) is 9.66. The van der Waals surface area contributed by atoms with Crippen molar-refractivity contribution in [1.82, 2.24) is 16.0 Å². The lowest BCUT2D eigenvalue weighted by molar-refractivity contribution is -0.123. The molecule has 25 heavy (non-hydrogen) atoms. The highest BCUT2D eigenvalue weighted by molar-refractivity contribution is 5.89. The van der Waals surface area contributed by atoms with E-state index in [2.05, 4.69) is 21.3 Å². The van der Waals surface area contributed by atoms with E-state index in [1.807, 2.05) is 26.8 Å². The number of nitrogens with one attached hydrogen (secondary N) is 4. The van der Waals surface area contributed by atoms with Crippen molar-refractivity contribution in [3.05, 3.63) is 29.8 Å². The van der Waals surface area contributed by atoms with Gasteiger partial charge in [0.05, 0.1) is 6.04 Å². The highest BCUT2D eigenvalue weighted by Crippen LogP contribution is 2.17. The summed E-state index contributed by atoms with van der Waals surface area (Å²) in [7, 11) is 0. The molecule has 1 aromatic rings. The van der Waals surface area contributed by atoms with Gasteiger partial charge in [-0.1, -0.05) is 19.1 Å². The molecule has 4 N–H and O–H groups in total. The summed E-state index contributed by atoms with van der Waals surface area (Å²) in [5.74, 6) is -0.374. The summed E-state index contributed by atoms with van der Waals surface area (Å²) in [6, 6.07) is 5.96. The Labute approximate surface area is 148 Å². The number of carbonyl (C=O) groups excluding carboxylic acids is 3. The topological polar surface area (TPSA) is 99.3 Å². The molecule has 0 radical (unpaired) electrons. The van der Waals surface area contributed by atoms with Gasteiger partial charge in [-0.3, -0.25) is 9.59 Å². The largest absolute Gasteiger partial charge is 0.352 e. The fourth-order valence-corrected chi connectivity index (χ4v) is 2.14. The summed E-state index contributed by atoms with van der Waals surface area (Å²) in [5.41, 5.74) is 1.51. The van der Waals surface area contributed by atoms with Crippen LogP contribution >= 0.6 is 0 Å². The highest BCUT2D eigenvalue weighted by atomic mass is 16.2. The number of anilines is 1. The van der Waals surface area contributed by atoms with Crippen molar-refractivity contribution in [1.29, 1.82) is 0 Å². The average molecular weight is 348 g/mol. The number of hydrogen-bond acceptors (Lipinski definition) is 3. The molecule has 3 atom stereocenters. The summed E-state index contributed by atoms with van der Waals surface area (Å²) >= 11 is 0. The average Bonchev–Trinajstić information content (AvgIpc) is 2.53. The van der Waals surface area contributed by atoms with Gasteiger partial charge in [0, 0.05) is 18.7 Å². The van der Waals surface area contributed by atoms with Crippen LogP contribution in [0.15, 0.2) is 24.3 Å². The van der Waals surface area contributed by atoms with Crippen LogP contribution < -0.4 is 21.3 Å². The first kappa shape index (κ1) is 20.5. The van der Waals surface area contributed by atoms with Crippen LogP contribution in [-0.4, -0.2) is 29.9 Å². The fraction of sp³-hybridized carbons (Fsp3) is 0.500. The summed E-state index contributed by atoms with van der Waals surface area (Å²) < 4.78 is 0. The summed E-state index contributed by atoms with van der Waals surface area (Å²) in [4.78, 5) is 35.2. The molecule has 0 aromatic heterocycles. The van der Waals surface area contributed by atoms with Gasteiger partial charge >= 0.3 is 6.03 Å². The van der Waals surface area contributed by atoms with E-state index in [-0.39, 0.29) is 23.9 Å². The van der Waals surface area contributed by atoms with Crippen LogP contribution in [0.25, 0.3) is 0 Å². The van der Waals surface area contributed by atoms with Crippen molar-refractivity contribution in [3.63, 3.8) is 0 Å². The van der Waals surface area contributed by atoms with Gasteiger partial charge in [-0.15, -0.1) is 0 Å². The minimum Gasteiger partial charge on any atom is -0.352 e. The van der Waals surface area contributed by atoms with Gasteiger partial charge in [-0.05, 0) is 44.9 Å². The monoisotopic (exact) mass is 348 g/mol. The lowest BCUT2D eigenvalue weighted by Gasteiger charge is -2.20. The van der Waals surface area contributed by atoms with Gasteiger partial charge in [0.2, 0.25) is 11.8 Å². The molecule has 0 spiro atoms. The minimum absolute atomic E-state index is 0.0650. The van der Waals surface area contributed by atoms with E-state index >= 15 is 0 Å². The molecule has 1 rings (SSSR count). The Morgan fingerprint density at radius 3 is 2.32 bits per heavy atom. The van der Waals surface area contributed by atoms with Gasteiger partial charge in [-0.2, -0.15) is 0 Å². The van der Waals surface area contributed by atoms with E-state index in [4.69, 9.17) is 0 Å². The quantitative estimate of drug-likeness (QED) is 0.608. The molecule has 0 saturated heterocycles. The smallest absolute Gasteiger partial charge is 0.315 e. The second-order valence-corrected chi connectivity index (χ2v) is 6.19. The number of benzene rings is 1. The SMILES string of the molecule is CCC(C)NC(=O)C(C)NC(=O)NC(C)c1cccc(NC(C)=O)c1. The van der Waals surface area contributed by atoms with Crippen molar-refractivity contribution in [3.8, 4) is 0 Å². The molecular formula is C18H28N4O3. The normalized spacial score (nSPS) is 14.0. The zero-order chi connectivity index (χ0) is 19.0. The maximum atomic E-state index is 12.1. The van der Waals surface area contributed by atoms with Crippen LogP contribution in [-0.2, 0) is 9.59 Å². The van der Waals surface area contributed by atoms with E-state index in [0.717, 1.165) is 12.0 Å². The van der Waals surface area contributed by atoms with E-state index in [1.165, 1.54) is 6.92 Å². The maximum absolute atomic E-state index is 12.1. The van der Waals surface area contributed by atoms with E-state index in [9.17, 15) is 14.4 Å². The van der Waals surface area contributed by atoms with Crippen LogP contribution in [0.5, 0.6) is 0 Å². The molecule has 7 heteroatoms. The standard InChI is InChI=1S/C18H28N4O3/c1-6-11(2)19-17(24)13(4)21-18(25)20-12(3)15-8-7-9-16(10-15)22-14(5)23/h7-13H,6H2,1-5H3,(H,19,24)(H,22,23)(H2,20,21,25). The van der Waals surface area contributed by atoms with Crippen LogP contribution in [0.1, 0.15) is 52.6 Å². The number of rotatable bonds is 7. The Morgan fingerprint density at radius 2 is 1.72 bits per heavy atom. The summed E-state index contributed by atoms with van der Waals surface area (Å²) in [6.07, 6.45) is 0.826. The molecule has 138 valence electrons. The molecule has 4 amide bonds. The summed E-state index contributed by atoms with van der Waals surface area (Å²) in [5, 5.41) is 10.9. The van der Waals surface area contributed by atoms with Crippen LogP contribution in [0.4, 0.5) is 10.5 Å². The second-order valence-electron chi connectivity index (χ2n) is 6.19. The van der Waals surface area contributed by atoms with Gasteiger partial charge in [0.25, 0.3) is 0 Å². The molecule has 0 heterocycles. The zero-order valence-corrected chi connectivity index (χ0v) is 15.5. The van der Waals surface area contributed by atoms with Gasteiger partial charge < -0.3 is 21.3 Å². The van der Waals surface area contributed by atoms with Crippen LogP contribution in [0, 0.1) is 0 Å².